The molecule has 1 unspecified atom stereocenters. The van der Waals surface area contributed by atoms with Crippen LogP contribution >= 0.6 is 0 Å². The monoisotopic (exact) mass is 243 g/mol. The number of nitrogens with one attached hydrogen (secondary N) is 2. The van der Waals surface area contributed by atoms with Gasteiger partial charge in [0.15, 0.2) is 0 Å². The van der Waals surface area contributed by atoms with Crippen molar-refractivity contribution in [2.24, 2.45) is 0 Å². The zero-order valence-electron chi connectivity index (χ0n) is 10.2. The minimum atomic E-state index is -0.912. The van der Waals surface area contributed by atoms with Crippen LogP contribution in [0, 0.1) is 0 Å². The lowest BCUT2D eigenvalue weighted by Gasteiger charge is -2.21. The summed E-state index contributed by atoms with van der Waals surface area (Å²) in [6, 6.07) is -0.907. The Bertz CT molecular complexity index is 271. The largest absolute Gasteiger partial charge is 0.480 e. The van der Waals surface area contributed by atoms with Gasteiger partial charge in [0.25, 0.3) is 0 Å². The Morgan fingerprint density at radius 1 is 1.41 bits per heavy atom. The highest BCUT2D eigenvalue weighted by Gasteiger charge is 2.33. The van der Waals surface area contributed by atoms with Crippen LogP contribution in [0.2, 0.25) is 0 Å². The molecule has 98 valence electrons. The van der Waals surface area contributed by atoms with E-state index in [1.54, 1.807) is 0 Å². The van der Waals surface area contributed by atoms with E-state index in [4.69, 9.17) is 5.11 Å². The van der Waals surface area contributed by atoms with Crippen LogP contribution in [-0.2, 0) is 4.79 Å². The maximum Gasteiger partial charge on any atom is 0.326 e. The van der Waals surface area contributed by atoms with E-state index in [-0.39, 0.29) is 6.03 Å². The lowest BCUT2D eigenvalue weighted by molar-refractivity contribution is -0.141. The van der Waals surface area contributed by atoms with E-state index in [0.29, 0.717) is 19.5 Å². The Balaban J connectivity index is 2.25. The van der Waals surface area contributed by atoms with E-state index in [1.165, 1.54) is 4.90 Å². The van der Waals surface area contributed by atoms with Crippen molar-refractivity contribution >= 4 is 12.0 Å². The van der Waals surface area contributed by atoms with Gasteiger partial charge in [-0.1, -0.05) is 6.92 Å². The SMILES string of the molecule is CCNCCCNC(=O)N1CCCC1C(=O)O. The molecule has 6 heteroatoms. The summed E-state index contributed by atoms with van der Waals surface area (Å²) < 4.78 is 0. The second-order valence-corrected chi connectivity index (χ2v) is 4.13. The second-order valence-electron chi connectivity index (χ2n) is 4.13. The zero-order chi connectivity index (χ0) is 12.7. The van der Waals surface area contributed by atoms with Crippen molar-refractivity contribution in [2.75, 3.05) is 26.2 Å². The molecule has 1 rings (SSSR count). The number of amides is 2. The summed E-state index contributed by atoms with van der Waals surface area (Å²) in [4.78, 5) is 24.0. The number of carboxylic acids is 1. The normalized spacial score (nSPS) is 19.4. The van der Waals surface area contributed by atoms with Gasteiger partial charge < -0.3 is 20.6 Å². The Hall–Kier alpha value is -1.30. The number of rotatable bonds is 6. The van der Waals surface area contributed by atoms with Crippen molar-refractivity contribution in [2.45, 2.75) is 32.2 Å². The molecule has 1 heterocycles. The highest BCUT2D eigenvalue weighted by molar-refractivity contribution is 5.83. The van der Waals surface area contributed by atoms with Gasteiger partial charge in [0.2, 0.25) is 0 Å². The zero-order valence-corrected chi connectivity index (χ0v) is 10.2. The van der Waals surface area contributed by atoms with Crippen LogP contribution in [-0.4, -0.2) is 54.2 Å². The fourth-order valence-corrected chi connectivity index (χ4v) is 1.95. The molecule has 0 bridgehead atoms. The van der Waals surface area contributed by atoms with Crippen LogP contribution in [0.4, 0.5) is 4.79 Å². The van der Waals surface area contributed by atoms with Crippen molar-refractivity contribution in [1.29, 1.82) is 0 Å². The minimum Gasteiger partial charge on any atom is -0.480 e. The number of carbonyl (C=O) groups excluding carboxylic acids is 1. The van der Waals surface area contributed by atoms with Gasteiger partial charge in [-0.15, -0.1) is 0 Å². The van der Waals surface area contributed by atoms with E-state index in [1.807, 2.05) is 6.92 Å². The molecule has 0 spiro atoms. The molecule has 6 nitrogen and oxygen atoms in total. The van der Waals surface area contributed by atoms with E-state index in [9.17, 15) is 9.59 Å². The molecule has 2 amide bonds. The van der Waals surface area contributed by atoms with E-state index < -0.39 is 12.0 Å². The quantitative estimate of drug-likeness (QED) is 0.584. The molecule has 1 atom stereocenters. The van der Waals surface area contributed by atoms with Gasteiger partial charge in [0.1, 0.15) is 6.04 Å². The summed E-state index contributed by atoms with van der Waals surface area (Å²) in [5.74, 6) is -0.912. The van der Waals surface area contributed by atoms with Crippen molar-refractivity contribution in [3.63, 3.8) is 0 Å². The Morgan fingerprint density at radius 2 is 2.18 bits per heavy atom. The summed E-state index contributed by atoms with van der Waals surface area (Å²) in [6.07, 6.45) is 2.17. The van der Waals surface area contributed by atoms with E-state index >= 15 is 0 Å². The standard InChI is InChI=1S/C11H21N3O3/c1-2-12-6-4-7-13-11(17)14-8-3-5-9(14)10(15)16/h9,12H,2-8H2,1H3,(H,13,17)(H,15,16). The van der Waals surface area contributed by atoms with Crippen molar-refractivity contribution in [1.82, 2.24) is 15.5 Å². The summed E-state index contributed by atoms with van der Waals surface area (Å²) in [7, 11) is 0. The molecular weight excluding hydrogens is 222 g/mol. The Morgan fingerprint density at radius 3 is 2.82 bits per heavy atom. The summed E-state index contributed by atoms with van der Waals surface area (Å²) in [6.45, 7) is 4.92. The third kappa shape index (κ3) is 4.22. The molecule has 0 radical (unpaired) electrons. The lowest BCUT2D eigenvalue weighted by Crippen LogP contribution is -2.46. The van der Waals surface area contributed by atoms with Crippen molar-refractivity contribution in [3.05, 3.63) is 0 Å². The fraction of sp³-hybridized carbons (Fsp3) is 0.818. The van der Waals surface area contributed by atoms with Crippen molar-refractivity contribution in [3.8, 4) is 0 Å². The molecule has 1 saturated heterocycles. The summed E-state index contributed by atoms with van der Waals surface area (Å²) in [5.41, 5.74) is 0. The number of carboxylic acid groups (broad SMARTS) is 1. The van der Waals surface area contributed by atoms with Gasteiger partial charge in [0.05, 0.1) is 0 Å². The number of hydrogen-bond acceptors (Lipinski definition) is 3. The molecule has 0 aromatic carbocycles. The van der Waals surface area contributed by atoms with Gasteiger partial charge in [-0.05, 0) is 32.4 Å². The summed E-state index contributed by atoms with van der Waals surface area (Å²) in [5, 5.41) is 14.9. The van der Waals surface area contributed by atoms with E-state index in [2.05, 4.69) is 10.6 Å². The number of carbonyl (C=O) groups is 2. The van der Waals surface area contributed by atoms with Crippen LogP contribution < -0.4 is 10.6 Å². The van der Waals surface area contributed by atoms with Gasteiger partial charge >= 0.3 is 12.0 Å². The molecule has 3 N–H and O–H groups in total. The molecule has 17 heavy (non-hydrogen) atoms. The molecule has 0 aliphatic carbocycles. The Kier molecular flexibility index (Phi) is 5.76. The van der Waals surface area contributed by atoms with E-state index in [0.717, 1.165) is 25.9 Å². The number of aliphatic carboxylic acids is 1. The maximum absolute atomic E-state index is 11.7. The van der Waals surface area contributed by atoms with Crippen LogP contribution in [0.25, 0.3) is 0 Å². The topological polar surface area (TPSA) is 81.7 Å². The predicted molar refractivity (Wildman–Crippen MR) is 63.9 cm³/mol. The maximum atomic E-state index is 11.7. The average molecular weight is 243 g/mol. The first-order valence-corrected chi connectivity index (χ1v) is 6.14. The smallest absolute Gasteiger partial charge is 0.326 e. The molecule has 1 fully saturated rings. The number of likely N-dealkylation sites (tertiary alicyclic amines) is 1. The van der Waals surface area contributed by atoms with Gasteiger partial charge in [-0.25, -0.2) is 9.59 Å². The molecule has 0 saturated carbocycles. The third-order valence-electron chi connectivity index (χ3n) is 2.86. The lowest BCUT2D eigenvalue weighted by atomic mass is 10.2. The van der Waals surface area contributed by atoms with Crippen LogP contribution in [0.3, 0.4) is 0 Å². The van der Waals surface area contributed by atoms with Gasteiger partial charge in [-0.2, -0.15) is 0 Å². The molecule has 1 aliphatic rings. The van der Waals surface area contributed by atoms with Crippen LogP contribution in [0.15, 0.2) is 0 Å². The Labute approximate surface area is 101 Å². The average Bonchev–Trinajstić information content (AvgIpc) is 2.77. The molecule has 1 aliphatic heterocycles. The highest BCUT2D eigenvalue weighted by Crippen LogP contribution is 2.17. The van der Waals surface area contributed by atoms with Gasteiger partial charge in [-0.3, -0.25) is 0 Å². The molecule has 0 aromatic rings. The van der Waals surface area contributed by atoms with Crippen LogP contribution in [0.5, 0.6) is 0 Å². The predicted octanol–water partition coefficient (Wildman–Crippen LogP) is 0.245. The first-order chi connectivity index (χ1) is 8.16. The minimum absolute atomic E-state index is 0.258. The van der Waals surface area contributed by atoms with Crippen LogP contribution in [0.1, 0.15) is 26.2 Å². The molecular formula is C11H21N3O3. The van der Waals surface area contributed by atoms with Crippen molar-refractivity contribution < 1.29 is 14.7 Å². The first kappa shape index (κ1) is 13.8. The number of hydrogen-bond donors (Lipinski definition) is 3. The van der Waals surface area contributed by atoms with Gasteiger partial charge in [0, 0.05) is 13.1 Å². The second kappa shape index (κ2) is 7.11. The number of urea groups is 1. The fourth-order valence-electron chi connectivity index (χ4n) is 1.95. The number of nitrogens with zero attached hydrogens (tertiary/aromatic N) is 1. The molecule has 0 aromatic heterocycles. The first-order valence-electron chi connectivity index (χ1n) is 6.14. The highest BCUT2D eigenvalue weighted by atomic mass is 16.4. The third-order valence-corrected chi connectivity index (χ3v) is 2.86. The summed E-state index contributed by atoms with van der Waals surface area (Å²) >= 11 is 0.